The van der Waals surface area contributed by atoms with Crippen LogP contribution < -0.4 is 0 Å². The summed E-state index contributed by atoms with van der Waals surface area (Å²) in [7, 11) is 1.84. The predicted molar refractivity (Wildman–Crippen MR) is 56.8 cm³/mol. The molecule has 0 aliphatic carbocycles. The molecule has 0 N–H and O–H groups in total. The topological polar surface area (TPSA) is 50.5 Å². The van der Waals surface area contributed by atoms with E-state index >= 15 is 0 Å². The second kappa shape index (κ2) is 3.18. The van der Waals surface area contributed by atoms with Crippen LogP contribution in [0.25, 0.3) is 0 Å². The number of amides is 1. The van der Waals surface area contributed by atoms with E-state index in [4.69, 9.17) is 0 Å². The second-order valence-corrected chi connectivity index (χ2v) is 4.41. The van der Waals surface area contributed by atoms with Gasteiger partial charge in [0.15, 0.2) is 0 Å². The average molecular weight is 206 g/mol. The molecular weight excluding hydrogens is 192 g/mol. The Morgan fingerprint density at radius 2 is 2.27 bits per heavy atom. The van der Waals surface area contributed by atoms with Crippen molar-refractivity contribution in [2.24, 2.45) is 12.0 Å². The molecule has 15 heavy (non-hydrogen) atoms. The van der Waals surface area contributed by atoms with Crippen molar-refractivity contribution in [3.8, 4) is 0 Å². The van der Waals surface area contributed by atoms with Crippen LogP contribution in [0.5, 0.6) is 0 Å². The van der Waals surface area contributed by atoms with Crippen LogP contribution in [-0.4, -0.2) is 38.8 Å². The monoisotopic (exact) mass is 206 g/mol. The number of aryl methyl sites for hydroxylation is 1. The minimum Gasteiger partial charge on any atom is -0.340 e. The number of hydrogen-bond acceptors (Lipinski definition) is 3. The summed E-state index contributed by atoms with van der Waals surface area (Å²) in [6.45, 7) is 4.60. The SMILES string of the molecule is Cn1cnc(C(=O)N2C=NC(C)(C)C2)c1. The predicted octanol–water partition coefficient (Wildman–Crippen LogP) is 0.683. The molecule has 2 heterocycles. The van der Waals surface area contributed by atoms with Crippen molar-refractivity contribution in [3.63, 3.8) is 0 Å². The van der Waals surface area contributed by atoms with Crippen LogP contribution in [0.15, 0.2) is 17.5 Å². The summed E-state index contributed by atoms with van der Waals surface area (Å²) >= 11 is 0. The van der Waals surface area contributed by atoms with Gasteiger partial charge in [-0.2, -0.15) is 0 Å². The quantitative estimate of drug-likeness (QED) is 0.678. The third-order valence-corrected chi connectivity index (χ3v) is 2.29. The van der Waals surface area contributed by atoms with Crippen LogP contribution in [0, 0.1) is 0 Å². The van der Waals surface area contributed by atoms with E-state index < -0.39 is 0 Å². The fraction of sp³-hybridized carbons (Fsp3) is 0.500. The van der Waals surface area contributed by atoms with Gasteiger partial charge < -0.3 is 4.57 Å². The number of carbonyl (C=O) groups is 1. The first kappa shape index (κ1) is 9.89. The molecule has 0 saturated heterocycles. The van der Waals surface area contributed by atoms with E-state index in [0.29, 0.717) is 12.2 Å². The minimum absolute atomic E-state index is 0.0927. The Morgan fingerprint density at radius 1 is 1.53 bits per heavy atom. The molecule has 0 unspecified atom stereocenters. The fourth-order valence-corrected chi connectivity index (χ4v) is 1.52. The van der Waals surface area contributed by atoms with E-state index in [2.05, 4.69) is 9.98 Å². The highest BCUT2D eigenvalue weighted by Crippen LogP contribution is 2.17. The number of nitrogens with zero attached hydrogens (tertiary/aromatic N) is 4. The zero-order valence-electron chi connectivity index (χ0n) is 9.14. The van der Waals surface area contributed by atoms with Crippen LogP contribution in [0.1, 0.15) is 24.3 Å². The minimum atomic E-state index is -0.176. The first-order valence-electron chi connectivity index (χ1n) is 4.82. The van der Waals surface area contributed by atoms with Gasteiger partial charge in [-0.25, -0.2) is 4.98 Å². The number of rotatable bonds is 1. The molecule has 1 amide bonds. The third kappa shape index (κ3) is 1.91. The molecule has 0 radical (unpaired) electrons. The summed E-state index contributed by atoms with van der Waals surface area (Å²) in [5, 5.41) is 0. The largest absolute Gasteiger partial charge is 0.340 e. The summed E-state index contributed by atoms with van der Waals surface area (Å²) < 4.78 is 1.76. The van der Waals surface area contributed by atoms with E-state index in [1.165, 1.54) is 0 Å². The van der Waals surface area contributed by atoms with Gasteiger partial charge in [0.1, 0.15) is 5.69 Å². The molecule has 0 atom stereocenters. The zero-order chi connectivity index (χ0) is 11.1. The molecule has 5 heteroatoms. The van der Waals surface area contributed by atoms with Crippen LogP contribution in [-0.2, 0) is 7.05 Å². The number of aromatic nitrogens is 2. The van der Waals surface area contributed by atoms with E-state index in [0.717, 1.165) is 0 Å². The van der Waals surface area contributed by atoms with Gasteiger partial charge in [0, 0.05) is 13.2 Å². The lowest BCUT2D eigenvalue weighted by Crippen LogP contribution is -2.34. The maximum absolute atomic E-state index is 11.9. The Hall–Kier alpha value is -1.65. The molecule has 1 aromatic heterocycles. The van der Waals surface area contributed by atoms with Crippen molar-refractivity contribution in [2.45, 2.75) is 19.4 Å². The molecule has 80 valence electrons. The lowest BCUT2D eigenvalue weighted by Gasteiger charge is -2.17. The molecular formula is C10H14N4O. The van der Waals surface area contributed by atoms with Gasteiger partial charge in [0.25, 0.3) is 5.91 Å². The van der Waals surface area contributed by atoms with Crippen LogP contribution in [0.2, 0.25) is 0 Å². The summed E-state index contributed by atoms with van der Waals surface area (Å²) in [5.74, 6) is -0.0927. The van der Waals surface area contributed by atoms with Crippen molar-refractivity contribution >= 4 is 12.2 Å². The van der Waals surface area contributed by atoms with Crippen molar-refractivity contribution in [1.29, 1.82) is 0 Å². The number of hydrogen-bond donors (Lipinski definition) is 0. The van der Waals surface area contributed by atoms with Gasteiger partial charge in [-0.3, -0.25) is 14.7 Å². The maximum atomic E-state index is 11.9. The molecule has 0 fully saturated rings. The highest BCUT2D eigenvalue weighted by Gasteiger charge is 2.29. The average Bonchev–Trinajstić information content (AvgIpc) is 2.71. The molecule has 5 nitrogen and oxygen atoms in total. The lowest BCUT2D eigenvalue weighted by atomic mass is 10.1. The number of carbonyl (C=O) groups excluding carboxylic acids is 1. The molecule has 1 aromatic rings. The normalized spacial score (nSPS) is 18.5. The summed E-state index contributed by atoms with van der Waals surface area (Å²) in [4.78, 5) is 21.8. The van der Waals surface area contributed by atoms with Crippen molar-refractivity contribution in [1.82, 2.24) is 14.5 Å². The van der Waals surface area contributed by atoms with Gasteiger partial charge in [-0.15, -0.1) is 0 Å². The summed E-state index contributed by atoms with van der Waals surface area (Å²) in [6.07, 6.45) is 4.92. The molecule has 0 spiro atoms. The molecule has 0 aromatic carbocycles. The zero-order valence-corrected chi connectivity index (χ0v) is 9.14. The highest BCUT2D eigenvalue weighted by atomic mass is 16.2. The Labute approximate surface area is 88.4 Å². The van der Waals surface area contributed by atoms with E-state index in [9.17, 15) is 4.79 Å². The van der Waals surface area contributed by atoms with E-state index in [1.54, 1.807) is 28.3 Å². The number of aliphatic imine (C=N–C) groups is 1. The molecule has 0 bridgehead atoms. The van der Waals surface area contributed by atoms with Gasteiger partial charge in [0.2, 0.25) is 0 Å². The van der Waals surface area contributed by atoms with E-state index in [1.807, 2.05) is 20.9 Å². The smallest absolute Gasteiger partial charge is 0.279 e. The Balaban J connectivity index is 2.14. The molecule has 1 aliphatic heterocycles. The second-order valence-electron chi connectivity index (χ2n) is 4.41. The van der Waals surface area contributed by atoms with E-state index in [-0.39, 0.29) is 11.4 Å². The van der Waals surface area contributed by atoms with Gasteiger partial charge in [-0.1, -0.05) is 0 Å². The van der Waals surface area contributed by atoms with Gasteiger partial charge >= 0.3 is 0 Å². The molecule has 2 rings (SSSR count). The van der Waals surface area contributed by atoms with Gasteiger partial charge in [0.05, 0.1) is 24.7 Å². The maximum Gasteiger partial charge on any atom is 0.279 e. The number of imidazole rings is 1. The molecule has 1 aliphatic rings. The first-order valence-corrected chi connectivity index (χ1v) is 4.82. The van der Waals surface area contributed by atoms with Crippen molar-refractivity contribution in [2.75, 3.05) is 6.54 Å². The summed E-state index contributed by atoms with van der Waals surface area (Å²) in [5.41, 5.74) is 0.284. The Morgan fingerprint density at radius 3 is 2.73 bits per heavy atom. The Bertz CT molecular complexity index is 419. The standard InChI is InChI=1S/C10H14N4O/c1-10(2)5-14(7-12-10)9(15)8-4-13(3)6-11-8/h4,6-7H,5H2,1-3H3. The summed E-state index contributed by atoms with van der Waals surface area (Å²) in [6, 6.07) is 0. The first-order chi connectivity index (χ1) is 6.98. The van der Waals surface area contributed by atoms with Crippen molar-refractivity contribution in [3.05, 3.63) is 18.2 Å². The fourth-order valence-electron chi connectivity index (χ4n) is 1.52. The van der Waals surface area contributed by atoms with Crippen molar-refractivity contribution < 1.29 is 4.79 Å². The van der Waals surface area contributed by atoms with Crippen LogP contribution in [0.4, 0.5) is 0 Å². The van der Waals surface area contributed by atoms with Gasteiger partial charge in [-0.05, 0) is 13.8 Å². The highest BCUT2D eigenvalue weighted by molar-refractivity contribution is 5.99. The third-order valence-electron chi connectivity index (χ3n) is 2.29. The lowest BCUT2D eigenvalue weighted by molar-refractivity contribution is 0.0844. The van der Waals surface area contributed by atoms with Crippen LogP contribution >= 0.6 is 0 Å². The molecule has 0 saturated carbocycles. The Kier molecular flexibility index (Phi) is 2.10. The van der Waals surface area contributed by atoms with Crippen LogP contribution in [0.3, 0.4) is 0 Å².